The second-order valence-corrected chi connectivity index (χ2v) is 8.51. The molecule has 2 aromatic carbocycles. The Hall–Kier alpha value is -3.39. The summed E-state index contributed by atoms with van der Waals surface area (Å²) in [7, 11) is 0. The number of H-pyrrole nitrogens is 1. The minimum Gasteiger partial charge on any atom is -0.396 e. The molecule has 0 saturated heterocycles. The van der Waals surface area contributed by atoms with Crippen LogP contribution in [-0.4, -0.2) is 20.7 Å². The number of aromatic amines is 1. The molecule has 166 valence electrons. The fourth-order valence-corrected chi connectivity index (χ4v) is 3.82. The smallest absolute Gasteiger partial charge is 0.211 e. The highest BCUT2D eigenvalue weighted by molar-refractivity contribution is 7.81. The normalized spacial score (nSPS) is 10.6. The maximum absolute atomic E-state index is 13.3. The maximum Gasteiger partial charge on any atom is 0.211 e. The van der Waals surface area contributed by atoms with Crippen LogP contribution in [0.5, 0.6) is 0 Å². The SMILES string of the molecule is Cc1ccc(Nc2[nH]c(C(=O)c3ccc(Cl)c(Cl)c3)c(N)c2C(=S)Nc2ccccc2)nc1. The van der Waals surface area contributed by atoms with Crippen molar-refractivity contribution in [1.82, 2.24) is 9.97 Å². The lowest BCUT2D eigenvalue weighted by atomic mass is 10.1. The van der Waals surface area contributed by atoms with Crippen molar-refractivity contribution in [2.24, 2.45) is 0 Å². The summed E-state index contributed by atoms with van der Waals surface area (Å²) >= 11 is 17.7. The number of nitrogen functional groups attached to an aromatic ring is 1. The second-order valence-electron chi connectivity index (χ2n) is 7.29. The van der Waals surface area contributed by atoms with Gasteiger partial charge in [0.2, 0.25) is 5.78 Å². The maximum atomic E-state index is 13.3. The first-order valence-corrected chi connectivity index (χ1v) is 11.1. The third-order valence-corrected chi connectivity index (χ3v) is 5.92. The summed E-state index contributed by atoms with van der Waals surface area (Å²) in [6, 6.07) is 17.8. The van der Waals surface area contributed by atoms with Gasteiger partial charge in [-0.05, 0) is 48.9 Å². The summed E-state index contributed by atoms with van der Waals surface area (Å²) < 4.78 is 0. The van der Waals surface area contributed by atoms with E-state index >= 15 is 0 Å². The van der Waals surface area contributed by atoms with Gasteiger partial charge in [0.15, 0.2) is 0 Å². The van der Waals surface area contributed by atoms with Gasteiger partial charge in [-0.25, -0.2) is 4.98 Å². The molecule has 0 saturated carbocycles. The number of nitrogens with two attached hydrogens (primary N) is 1. The third kappa shape index (κ3) is 5.01. The Labute approximate surface area is 206 Å². The third-order valence-electron chi connectivity index (χ3n) is 4.87. The lowest BCUT2D eigenvalue weighted by molar-refractivity contribution is 0.103. The molecule has 2 aromatic heterocycles. The van der Waals surface area contributed by atoms with Crippen LogP contribution >= 0.6 is 35.4 Å². The van der Waals surface area contributed by atoms with Crippen LogP contribution in [0.4, 0.5) is 23.0 Å². The molecule has 0 aliphatic carbocycles. The van der Waals surface area contributed by atoms with Gasteiger partial charge < -0.3 is 21.4 Å². The van der Waals surface area contributed by atoms with Crippen LogP contribution in [0.25, 0.3) is 0 Å². The van der Waals surface area contributed by atoms with Crippen molar-refractivity contribution in [1.29, 1.82) is 0 Å². The molecule has 0 aliphatic rings. The van der Waals surface area contributed by atoms with Gasteiger partial charge in [-0.1, -0.05) is 59.7 Å². The van der Waals surface area contributed by atoms with Gasteiger partial charge >= 0.3 is 0 Å². The monoisotopic (exact) mass is 495 g/mol. The van der Waals surface area contributed by atoms with Crippen LogP contribution in [0.15, 0.2) is 66.9 Å². The number of anilines is 4. The number of aryl methyl sites for hydroxylation is 1. The predicted molar refractivity (Wildman–Crippen MR) is 139 cm³/mol. The molecule has 0 fully saturated rings. The Balaban J connectivity index is 1.76. The van der Waals surface area contributed by atoms with Crippen LogP contribution in [0, 0.1) is 6.92 Å². The van der Waals surface area contributed by atoms with Gasteiger partial charge in [-0.2, -0.15) is 0 Å². The number of rotatable bonds is 6. The van der Waals surface area contributed by atoms with Crippen molar-refractivity contribution in [3.05, 3.63) is 99.3 Å². The molecule has 0 amide bonds. The quantitative estimate of drug-likeness (QED) is 0.183. The van der Waals surface area contributed by atoms with E-state index in [4.69, 9.17) is 41.2 Å². The molecular formula is C24H19Cl2N5OS. The van der Waals surface area contributed by atoms with Crippen molar-refractivity contribution >= 4 is 69.2 Å². The Morgan fingerprint density at radius 1 is 1.06 bits per heavy atom. The highest BCUT2D eigenvalue weighted by Gasteiger charge is 2.25. The first-order valence-electron chi connectivity index (χ1n) is 9.90. The van der Waals surface area contributed by atoms with Crippen LogP contribution in [0.3, 0.4) is 0 Å². The highest BCUT2D eigenvalue weighted by Crippen LogP contribution is 2.32. The largest absolute Gasteiger partial charge is 0.396 e. The molecule has 6 nitrogen and oxygen atoms in total. The number of halogens is 2. The summed E-state index contributed by atoms with van der Waals surface area (Å²) in [5.74, 6) is 0.666. The number of ketones is 1. The molecule has 0 radical (unpaired) electrons. The van der Waals surface area contributed by atoms with E-state index in [1.807, 2.05) is 49.4 Å². The van der Waals surface area contributed by atoms with E-state index in [1.54, 1.807) is 18.3 Å². The summed E-state index contributed by atoms with van der Waals surface area (Å²) in [5.41, 5.74) is 9.43. The fourth-order valence-electron chi connectivity index (χ4n) is 3.19. The standard InChI is InChI=1S/C24H19Cl2N5OS/c1-13-7-10-18(28-12-13)30-23-19(24(33)29-15-5-3-2-4-6-15)20(27)21(31-23)22(32)14-8-9-16(25)17(26)11-14/h2-12,31H,27H2,1H3,(H,28,30)(H,29,33). The number of thiocarbonyl (C=S) groups is 1. The molecular weight excluding hydrogens is 477 g/mol. The molecule has 33 heavy (non-hydrogen) atoms. The molecule has 0 atom stereocenters. The number of hydrogen-bond acceptors (Lipinski definition) is 5. The zero-order chi connectivity index (χ0) is 23.5. The minimum absolute atomic E-state index is 0.176. The van der Waals surface area contributed by atoms with Gasteiger partial charge in [0.05, 0.1) is 21.3 Å². The van der Waals surface area contributed by atoms with Crippen molar-refractivity contribution in [3.63, 3.8) is 0 Å². The number of pyridine rings is 1. The lowest BCUT2D eigenvalue weighted by Gasteiger charge is -2.11. The number of nitrogens with one attached hydrogen (secondary N) is 3. The molecule has 0 aliphatic heterocycles. The van der Waals surface area contributed by atoms with Crippen LogP contribution < -0.4 is 16.4 Å². The van der Waals surface area contributed by atoms with Crippen molar-refractivity contribution in [2.75, 3.05) is 16.4 Å². The first-order chi connectivity index (χ1) is 15.8. The summed E-state index contributed by atoms with van der Waals surface area (Å²) in [5, 5.41) is 6.98. The van der Waals surface area contributed by atoms with Gasteiger partial charge in [-0.15, -0.1) is 0 Å². The summed E-state index contributed by atoms with van der Waals surface area (Å²) in [6.45, 7) is 1.95. The Morgan fingerprint density at radius 2 is 1.82 bits per heavy atom. The van der Waals surface area contributed by atoms with Crippen LogP contribution in [-0.2, 0) is 0 Å². The van der Waals surface area contributed by atoms with E-state index in [9.17, 15) is 4.79 Å². The summed E-state index contributed by atoms with van der Waals surface area (Å²) in [4.78, 5) is 21.1. The number of hydrogen-bond donors (Lipinski definition) is 4. The Kier molecular flexibility index (Phi) is 6.65. The van der Waals surface area contributed by atoms with Crippen molar-refractivity contribution in [2.45, 2.75) is 6.92 Å². The van der Waals surface area contributed by atoms with E-state index in [0.717, 1.165) is 11.3 Å². The van der Waals surface area contributed by atoms with E-state index in [1.165, 1.54) is 6.07 Å². The predicted octanol–water partition coefficient (Wildman–Crippen LogP) is 6.37. The van der Waals surface area contributed by atoms with E-state index in [2.05, 4.69) is 20.6 Å². The van der Waals surface area contributed by atoms with E-state index in [-0.39, 0.29) is 22.2 Å². The number of para-hydroxylation sites is 1. The molecule has 5 N–H and O–H groups in total. The second kappa shape index (κ2) is 9.62. The number of nitrogens with zero attached hydrogens (tertiary/aromatic N) is 1. The zero-order valence-electron chi connectivity index (χ0n) is 17.4. The van der Waals surface area contributed by atoms with E-state index < -0.39 is 0 Å². The molecule has 9 heteroatoms. The van der Waals surface area contributed by atoms with Gasteiger partial charge in [0.25, 0.3) is 0 Å². The first kappa shape index (κ1) is 22.8. The molecule has 0 unspecified atom stereocenters. The number of benzene rings is 2. The van der Waals surface area contributed by atoms with E-state index in [0.29, 0.717) is 32.8 Å². The Morgan fingerprint density at radius 3 is 2.48 bits per heavy atom. The molecule has 4 rings (SSSR count). The molecule has 0 spiro atoms. The number of carbonyl (C=O) groups excluding carboxylic acids is 1. The fraction of sp³-hybridized carbons (Fsp3) is 0.0417. The Bertz CT molecular complexity index is 1340. The van der Waals surface area contributed by atoms with Crippen molar-refractivity contribution in [3.8, 4) is 0 Å². The topological polar surface area (TPSA) is 95.8 Å². The highest BCUT2D eigenvalue weighted by atomic mass is 35.5. The molecule has 2 heterocycles. The van der Waals surface area contributed by atoms with Gasteiger partial charge in [0.1, 0.15) is 22.3 Å². The van der Waals surface area contributed by atoms with Crippen LogP contribution in [0.2, 0.25) is 10.0 Å². The average Bonchev–Trinajstić information content (AvgIpc) is 3.13. The average molecular weight is 496 g/mol. The zero-order valence-corrected chi connectivity index (χ0v) is 19.8. The molecule has 0 bridgehead atoms. The lowest BCUT2D eigenvalue weighted by Crippen LogP contribution is -2.14. The summed E-state index contributed by atoms with van der Waals surface area (Å²) in [6.07, 6.45) is 1.73. The number of carbonyl (C=O) groups is 1. The van der Waals surface area contributed by atoms with Crippen molar-refractivity contribution < 1.29 is 4.79 Å². The van der Waals surface area contributed by atoms with Crippen LogP contribution in [0.1, 0.15) is 27.2 Å². The minimum atomic E-state index is -0.347. The molecule has 4 aromatic rings. The van der Waals surface area contributed by atoms with Gasteiger partial charge in [-0.3, -0.25) is 4.79 Å². The van der Waals surface area contributed by atoms with Gasteiger partial charge in [0, 0.05) is 17.4 Å². The number of aromatic nitrogens is 2.